The molecule has 0 radical (unpaired) electrons. The molecule has 0 bridgehead atoms. The van der Waals surface area contributed by atoms with Crippen LogP contribution in [0, 0.1) is 0 Å². The summed E-state index contributed by atoms with van der Waals surface area (Å²) in [7, 11) is 0. The fourth-order valence-electron chi connectivity index (χ4n) is 0.928. The number of halogens is 1. The molecule has 0 fully saturated rings. The summed E-state index contributed by atoms with van der Waals surface area (Å²) in [5, 5.41) is 2.02. The van der Waals surface area contributed by atoms with Crippen LogP contribution in [0.5, 0.6) is 0 Å². The lowest BCUT2D eigenvalue weighted by atomic mass is 10.4. The molecule has 1 heterocycles. The van der Waals surface area contributed by atoms with Gasteiger partial charge in [0.25, 0.3) is 0 Å². The van der Waals surface area contributed by atoms with Crippen LogP contribution in [0.1, 0.15) is 12.5 Å². The summed E-state index contributed by atoms with van der Waals surface area (Å²) in [5.74, 6) is -0.373. The van der Waals surface area contributed by atoms with Gasteiger partial charge in [0, 0.05) is 5.57 Å². The Labute approximate surface area is 107 Å². The number of ether oxygens (including phenoxy) is 2. The molecule has 0 unspecified atom stereocenters. The van der Waals surface area contributed by atoms with E-state index < -0.39 is 0 Å². The number of carbonyl (C=O) groups excluding carboxylic acids is 1. The normalized spacial score (nSPS) is 10.1. The molecule has 0 saturated heterocycles. The molecule has 1 aromatic heterocycles. The average Bonchev–Trinajstić information content (AvgIpc) is 2.63. The van der Waals surface area contributed by atoms with E-state index in [4.69, 9.17) is 9.47 Å². The molecular formula is C11H13BrO3S. The van der Waals surface area contributed by atoms with Gasteiger partial charge < -0.3 is 9.47 Å². The number of hydrogen-bond donors (Lipinski definition) is 0. The van der Waals surface area contributed by atoms with E-state index in [-0.39, 0.29) is 12.6 Å². The highest BCUT2D eigenvalue weighted by Gasteiger charge is 2.02. The van der Waals surface area contributed by atoms with Crippen molar-refractivity contribution in [1.82, 2.24) is 0 Å². The zero-order valence-corrected chi connectivity index (χ0v) is 11.4. The van der Waals surface area contributed by atoms with Crippen molar-refractivity contribution in [3.8, 4) is 0 Å². The lowest BCUT2D eigenvalue weighted by molar-refractivity contribution is -0.140. The van der Waals surface area contributed by atoms with Gasteiger partial charge in [-0.05, 0) is 39.9 Å². The van der Waals surface area contributed by atoms with Gasteiger partial charge in [0.05, 0.1) is 17.0 Å². The highest BCUT2D eigenvalue weighted by Crippen LogP contribution is 2.20. The van der Waals surface area contributed by atoms with Crippen LogP contribution in [-0.2, 0) is 20.9 Å². The van der Waals surface area contributed by atoms with Gasteiger partial charge in [-0.15, -0.1) is 11.3 Å². The van der Waals surface area contributed by atoms with Gasteiger partial charge in [-0.3, -0.25) is 0 Å². The maximum Gasteiger partial charge on any atom is 0.333 e. The Morgan fingerprint density at radius 3 is 2.88 bits per heavy atom. The summed E-state index contributed by atoms with van der Waals surface area (Å²) in [6.45, 7) is 6.29. The van der Waals surface area contributed by atoms with E-state index in [9.17, 15) is 4.79 Å². The largest absolute Gasteiger partial charge is 0.460 e. The zero-order chi connectivity index (χ0) is 12.0. The van der Waals surface area contributed by atoms with E-state index in [1.54, 1.807) is 18.3 Å². The van der Waals surface area contributed by atoms with E-state index >= 15 is 0 Å². The average molecular weight is 305 g/mol. The van der Waals surface area contributed by atoms with Crippen molar-refractivity contribution in [3.05, 3.63) is 32.9 Å². The summed E-state index contributed by atoms with van der Waals surface area (Å²) in [4.78, 5) is 11.0. The third-order valence-electron chi connectivity index (χ3n) is 1.70. The molecule has 0 aliphatic carbocycles. The van der Waals surface area contributed by atoms with Gasteiger partial charge in [-0.2, -0.15) is 0 Å². The van der Waals surface area contributed by atoms with Gasteiger partial charge in [0.1, 0.15) is 6.61 Å². The Kier molecular flexibility index (Phi) is 5.73. The SMILES string of the molecule is C=C(C)C(=O)OCCOCc1csc(Br)c1. The van der Waals surface area contributed by atoms with Crippen LogP contribution in [0.25, 0.3) is 0 Å². The van der Waals surface area contributed by atoms with Gasteiger partial charge in [0.2, 0.25) is 0 Å². The highest BCUT2D eigenvalue weighted by molar-refractivity contribution is 9.11. The van der Waals surface area contributed by atoms with E-state index in [1.165, 1.54) is 0 Å². The van der Waals surface area contributed by atoms with Crippen LogP contribution in [0.4, 0.5) is 0 Å². The van der Waals surface area contributed by atoms with E-state index in [2.05, 4.69) is 22.5 Å². The first-order valence-corrected chi connectivity index (χ1v) is 6.40. The van der Waals surface area contributed by atoms with Gasteiger partial charge >= 0.3 is 5.97 Å². The van der Waals surface area contributed by atoms with Crippen molar-refractivity contribution in [2.24, 2.45) is 0 Å². The molecule has 16 heavy (non-hydrogen) atoms. The van der Waals surface area contributed by atoms with Gasteiger partial charge in [-0.1, -0.05) is 6.58 Å². The van der Waals surface area contributed by atoms with Crippen LogP contribution < -0.4 is 0 Å². The van der Waals surface area contributed by atoms with Crippen molar-refractivity contribution < 1.29 is 14.3 Å². The molecule has 5 heteroatoms. The highest BCUT2D eigenvalue weighted by atomic mass is 79.9. The van der Waals surface area contributed by atoms with Crippen LogP contribution >= 0.6 is 27.3 Å². The molecule has 1 rings (SSSR count). The van der Waals surface area contributed by atoms with E-state index in [1.807, 2.05) is 11.4 Å². The van der Waals surface area contributed by atoms with Crippen molar-refractivity contribution in [2.45, 2.75) is 13.5 Å². The molecule has 0 N–H and O–H groups in total. The Hall–Kier alpha value is -0.650. The molecule has 1 aromatic rings. The van der Waals surface area contributed by atoms with Crippen LogP contribution in [0.15, 0.2) is 27.4 Å². The van der Waals surface area contributed by atoms with Gasteiger partial charge in [0.15, 0.2) is 0 Å². The molecular weight excluding hydrogens is 292 g/mol. The first kappa shape index (κ1) is 13.4. The molecule has 0 atom stereocenters. The minimum absolute atomic E-state index is 0.261. The predicted molar refractivity (Wildman–Crippen MR) is 67.4 cm³/mol. The molecule has 0 aliphatic rings. The Morgan fingerprint density at radius 1 is 1.56 bits per heavy atom. The molecule has 0 spiro atoms. The zero-order valence-electron chi connectivity index (χ0n) is 8.99. The van der Waals surface area contributed by atoms with Crippen molar-refractivity contribution >= 4 is 33.2 Å². The van der Waals surface area contributed by atoms with Gasteiger partial charge in [-0.25, -0.2) is 4.79 Å². The number of hydrogen-bond acceptors (Lipinski definition) is 4. The summed E-state index contributed by atoms with van der Waals surface area (Å²) in [6, 6.07) is 2.00. The summed E-state index contributed by atoms with van der Waals surface area (Å²) < 4.78 is 11.3. The fraction of sp³-hybridized carbons (Fsp3) is 0.364. The monoisotopic (exact) mass is 304 g/mol. The lowest BCUT2D eigenvalue weighted by Gasteiger charge is -2.04. The first-order valence-electron chi connectivity index (χ1n) is 4.73. The van der Waals surface area contributed by atoms with E-state index in [0.29, 0.717) is 18.8 Å². The smallest absolute Gasteiger partial charge is 0.333 e. The second-order valence-electron chi connectivity index (χ2n) is 3.23. The number of carbonyl (C=O) groups is 1. The summed E-state index contributed by atoms with van der Waals surface area (Å²) in [6.07, 6.45) is 0. The third kappa shape index (κ3) is 4.92. The second kappa shape index (κ2) is 6.83. The van der Waals surface area contributed by atoms with Crippen molar-refractivity contribution in [3.63, 3.8) is 0 Å². The Balaban J connectivity index is 2.08. The molecule has 0 saturated carbocycles. The lowest BCUT2D eigenvalue weighted by Crippen LogP contribution is -2.10. The van der Waals surface area contributed by atoms with Crippen LogP contribution in [-0.4, -0.2) is 19.2 Å². The van der Waals surface area contributed by atoms with Crippen molar-refractivity contribution in [2.75, 3.05) is 13.2 Å². The summed E-state index contributed by atoms with van der Waals surface area (Å²) >= 11 is 4.99. The quantitative estimate of drug-likeness (QED) is 0.460. The standard InChI is InChI=1S/C11H13BrO3S/c1-8(2)11(13)15-4-3-14-6-9-5-10(12)16-7-9/h5,7H,1,3-4,6H2,2H3. The number of rotatable bonds is 6. The molecule has 0 aliphatic heterocycles. The maximum absolute atomic E-state index is 11.0. The number of esters is 1. The maximum atomic E-state index is 11.0. The van der Waals surface area contributed by atoms with E-state index in [0.717, 1.165) is 9.35 Å². The number of thiophene rings is 1. The minimum atomic E-state index is -0.373. The Morgan fingerprint density at radius 2 is 2.31 bits per heavy atom. The topological polar surface area (TPSA) is 35.5 Å². The summed E-state index contributed by atoms with van der Waals surface area (Å²) in [5.41, 5.74) is 1.52. The molecule has 0 amide bonds. The third-order valence-corrected chi connectivity index (χ3v) is 3.25. The first-order chi connectivity index (χ1) is 7.59. The van der Waals surface area contributed by atoms with Crippen molar-refractivity contribution in [1.29, 1.82) is 0 Å². The predicted octanol–water partition coefficient (Wildman–Crippen LogP) is 3.15. The second-order valence-corrected chi connectivity index (χ2v) is 5.52. The fourth-order valence-corrected chi connectivity index (χ4v) is 2.12. The molecule has 0 aromatic carbocycles. The minimum Gasteiger partial charge on any atom is -0.460 e. The van der Waals surface area contributed by atoms with Crippen LogP contribution in [0.3, 0.4) is 0 Å². The van der Waals surface area contributed by atoms with Crippen LogP contribution in [0.2, 0.25) is 0 Å². The molecule has 88 valence electrons. The molecule has 3 nitrogen and oxygen atoms in total. The Bertz CT molecular complexity index is 373.